The number of hydrogen-bond donors (Lipinski definition) is 0. The summed E-state index contributed by atoms with van der Waals surface area (Å²) in [5.41, 5.74) is 19.0. The van der Waals surface area contributed by atoms with Crippen LogP contribution in [0.4, 0.5) is 0 Å². The number of halogens is 2. The van der Waals surface area contributed by atoms with E-state index >= 15 is 0 Å². The molecule has 0 saturated heterocycles. The topological polar surface area (TPSA) is 0 Å². The molecule has 0 nitrogen and oxygen atoms in total. The Kier molecular flexibility index (Phi) is 12.2. The second kappa shape index (κ2) is 15.3. The van der Waals surface area contributed by atoms with Crippen LogP contribution in [0.25, 0.3) is 22.3 Å². The minimum absolute atomic E-state index is 0. The van der Waals surface area contributed by atoms with Crippen molar-refractivity contribution < 1.29 is 49.0 Å². The van der Waals surface area contributed by atoms with Crippen LogP contribution in [0.15, 0.2) is 115 Å². The monoisotopic (exact) mass is 772 g/mol. The summed E-state index contributed by atoms with van der Waals surface area (Å²) < 4.78 is 1.42. The molecule has 5 aromatic rings. The van der Waals surface area contributed by atoms with Gasteiger partial charge in [-0.15, -0.1) is 11.6 Å². The van der Waals surface area contributed by atoms with Gasteiger partial charge in [0.15, 0.2) is 0 Å². The Morgan fingerprint density at radius 1 is 0.700 bits per heavy atom. The molecule has 256 valence electrons. The van der Waals surface area contributed by atoms with E-state index < -0.39 is 0 Å². The molecule has 0 radical (unpaired) electrons. The summed E-state index contributed by atoms with van der Waals surface area (Å²) in [6, 6.07) is 39.4. The minimum atomic E-state index is 0. The summed E-state index contributed by atoms with van der Waals surface area (Å²) >= 11 is 1.46. The van der Waals surface area contributed by atoms with Gasteiger partial charge in [0.05, 0.1) is 0 Å². The van der Waals surface area contributed by atoms with E-state index in [1.165, 1.54) is 99.8 Å². The molecule has 0 amide bonds. The van der Waals surface area contributed by atoms with Gasteiger partial charge in [-0.2, -0.15) is 29.3 Å². The summed E-state index contributed by atoms with van der Waals surface area (Å²) in [5, 5.41) is 0. The molecule has 0 N–H and O–H groups in total. The van der Waals surface area contributed by atoms with Crippen molar-refractivity contribution in [3.05, 3.63) is 171 Å². The molecular weight excluding hydrogens is 727 g/mol. The van der Waals surface area contributed by atoms with Crippen molar-refractivity contribution in [2.24, 2.45) is 0 Å². The number of allylic oxidation sites excluding steroid dienone is 4. The fourth-order valence-corrected chi connectivity index (χ4v) is 8.34. The maximum absolute atomic E-state index is 3.65. The zero-order chi connectivity index (χ0) is 34.4. The van der Waals surface area contributed by atoms with Gasteiger partial charge in [0.2, 0.25) is 0 Å². The second-order valence-corrected chi connectivity index (χ2v) is 17.0. The number of fused-ring (bicyclic) bond motifs is 5. The first-order valence-corrected chi connectivity index (χ1v) is 18.5. The molecule has 0 atom stereocenters. The molecule has 0 heterocycles. The zero-order valence-electron chi connectivity index (χ0n) is 30.9. The Bertz CT molecular complexity index is 1910. The summed E-state index contributed by atoms with van der Waals surface area (Å²) in [4.78, 5) is 0. The van der Waals surface area contributed by atoms with Gasteiger partial charge in [-0.25, -0.2) is 11.6 Å². The Morgan fingerprint density at radius 3 is 1.70 bits per heavy atom. The molecule has 3 heteroatoms. The van der Waals surface area contributed by atoms with E-state index in [0.29, 0.717) is 5.41 Å². The van der Waals surface area contributed by atoms with Crippen LogP contribution in [0.3, 0.4) is 0 Å². The number of rotatable bonds is 2. The molecule has 0 aromatic heterocycles. The van der Waals surface area contributed by atoms with E-state index in [1.807, 2.05) is 0 Å². The van der Waals surface area contributed by atoms with Gasteiger partial charge < -0.3 is 24.8 Å². The van der Waals surface area contributed by atoms with E-state index in [1.54, 1.807) is 0 Å². The third kappa shape index (κ3) is 8.07. The van der Waals surface area contributed by atoms with Gasteiger partial charge in [0, 0.05) is 5.41 Å². The first kappa shape index (κ1) is 39.8. The second-order valence-electron chi connectivity index (χ2n) is 15.7. The normalized spacial score (nSPS) is 15.2. The van der Waals surface area contributed by atoms with Gasteiger partial charge in [-0.1, -0.05) is 84.4 Å². The average molecular weight is 775 g/mol. The SMILES string of the molecule is CC(C)(C)c1cc[cH-]c1.CC1=[C-]C(C)(C)c2cc3c(cc21)-c1cc2c(cc1C3)C(C)(C)C=C2C.[Cl-].[Cl-].[Zr+2]=[C](c1ccccc1)c1ccccc1. The molecule has 0 aliphatic heterocycles. The van der Waals surface area contributed by atoms with Crippen LogP contribution in [0, 0.1) is 6.08 Å². The van der Waals surface area contributed by atoms with Crippen molar-refractivity contribution in [3.63, 3.8) is 0 Å². The molecule has 0 fully saturated rings. The molecule has 0 saturated carbocycles. The first-order valence-electron chi connectivity index (χ1n) is 17.2. The summed E-state index contributed by atoms with van der Waals surface area (Å²) in [6.07, 6.45) is 7.13. The van der Waals surface area contributed by atoms with Crippen molar-refractivity contribution in [2.45, 2.75) is 85.0 Å². The summed E-state index contributed by atoms with van der Waals surface area (Å²) in [6.45, 7) is 20.4. The molecule has 50 heavy (non-hydrogen) atoms. The molecule has 3 aliphatic rings. The third-order valence-electron chi connectivity index (χ3n) is 10.1. The molecule has 0 bridgehead atoms. The van der Waals surface area contributed by atoms with Crippen LogP contribution in [-0.2, 0) is 46.9 Å². The van der Waals surface area contributed by atoms with Crippen molar-refractivity contribution in [1.82, 2.24) is 0 Å². The Labute approximate surface area is 328 Å². The molecule has 0 unspecified atom stereocenters. The van der Waals surface area contributed by atoms with Gasteiger partial charge in [0.25, 0.3) is 0 Å². The first-order chi connectivity index (χ1) is 22.7. The molecule has 3 aliphatic carbocycles. The van der Waals surface area contributed by atoms with E-state index in [4.69, 9.17) is 0 Å². The predicted molar refractivity (Wildman–Crippen MR) is 204 cm³/mol. The van der Waals surface area contributed by atoms with Gasteiger partial charge in [0.1, 0.15) is 0 Å². The van der Waals surface area contributed by atoms with Crippen LogP contribution < -0.4 is 24.8 Å². The quantitative estimate of drug-likeness (QED) is 0.191. The number of benzene rings is 4. The predicted octanol–water partition coefficient (Wildman–Crippen LogP) is 5.96. The van der Waals surface area contributed by atoms with Crippen molar-refractivity contribution in [2.75, 3.05) is 0 Å². The van der Waals surface area contributed by atoms with Gasteiger partial charge >= 0.3 is 99.2 Å². The molecule has 5 aromatic carbocycles. The maximum atomic E-state index is 3.65. The molecule has 0 spiro atoms. The Hall–Kier alpha value is -2.96. The van der Waals surface area contributed by atoms with Gasteiger partial charge in [-0.05, 0) is 58.4 Å². The van der Waals surface area contributed by atoms with Crippen LogP contribution in [-0.4, -0.2) is 3.21 Å². The Balaban J connectivity index is 0.000000190. The summed E-state index contributed by atoms with van der Waals surface area (Å²) in [7, 11) is 0. The van der Waals surface area contributed by atoms with E-state index in [9.17, 15) is 0 Å². The fraction of sp³-hybridized carbons (Fsp3) is 0.277. The third-order valence-corrected chi connectivity index (χ3v) is 11.5. The standard InChI is InChI=1S/C25H25.C13H10.C9H13.2ClH.Zr/c1-14-12-24(3,4)22-8-16-7-17-9-23-19(15(2)13-25(23,5)6)11-21(17)20(16)10-18(14)22;1-3-7-12(8-4-1)11-13-9-5-2-6-10-13;1-9(2,3)8-6-4-5-7-8;;;/h8-12H,7H2,1-6H3;1-10H;4-7H,1-3H3;2*1H;/q-1;;-1;;;+2/p-2. The van der Waals surface area contributed by atoms with E-state index in [2.05, 4.69) is 184 Å². The molecular formula is C47H48Cl2Zr-2. The van der Waals surface area contributed by atoms with Crippen LogP contribution in [0.2, 0.25) is 0 Å². The van der Waals surface area contributed by atoms with E-state index in [0.717, 1.165) is 6.42 Å². The average Bonchev–Trinajstić information content (AvgIpc) is 3.81. The van der Waals surface area contributed by atoms with Gasteiger partial charge in [-0.3, -0.25) is 6.08 Å². The summed E-state index contributed by atoms with van der Waals surface area (Å²) in [5.74, 6) is 0. The zero-order valence-corrected chi connectivity index (χ0v) is 34.9. The van der Waals surface area contributed by atoms with E-state index in [-0.39, 0.29) is 35.6 Å². The molecule has 8 rings (SSSR count). The van der Waals surface area contributed by atoms with Crippen molar-refractivity contribution in [3.8, 4) is 11.1 Å². The number of hydrogen-bond acceptors (Lipinski definition) is 0. The fourth-order valence-electron chi connectivity index (χ4n) is 7.53. The van der Waals surface area contributed by atoms with Crippen LogP contribution in [0.1, 0.15) is 112 Å². The Morgan fingerprint density at radius 2 is 1.22 bits per heavy atom. The van der Waals surface area contributed by atoms with Crippen molar-refractivity contribution >= 4 is 14.4 Å². The van der Waals surface area contributed by atoms with Crippen molar-refractivity contribution in [1.29, 1.82) is 0 Å². The van der Waals surface area contributed by atoms with Crippen LogP contribution in [0.5, 0.6) is 0 Å². The van der Waals surface area contributed by atoms with Crippen LogP contribution >= 0.6 is 0 Å².